The molecular weight excluding hydrogens is 416 g/mol. The molecule has 0 spiro atoms. The molecule has 1 saturated carbocycles. The van der Waals surface area contributed by atoms with Gasteiger partial charge in [-0.05, 0) is 55.7 Å². The third kappa shape index (κ3) is 4.13. The summed E-state index contributed by atoms with van der Waals surface area (Å²) in [6.07, 6.45) is 1.99. The zero-order valence-electron chi connectivity index (χ0n) is 18.0. The topological polar surface area (TPSA) is 93.1 Å². The van der Waals surface area contributed by atoms with Gasteiger partial charge in [0, 0.05) is 22.7 Å². The number of hydrogen-bond donors (Lipinski definition) is 2. The number of anilines is 1. The Morgan fingerprint density at radius 1 is 0.909 bits per heavy atom. The smallest absolute Gasteiger partial charge is 0.279 e. The Morgan fingerprint density at radius 3 is 2.33 bits per heavy atom. The van der Waals surface area contributed by atoms with E-state index >= 15 is 0 Å². The van der Waals surface area contributed by atoms with Crippen molar-refractivity contribution < 1.29 is 9.59 Å². The maximum atomic E-state index is 13.4. The van der Waals surface area contributed by atoms with Crippen LogP contribution >= 0.6 is 0 Å². The van der Waals surface area contributed by atoms with Crippen LogP contribution in [-0.2, 0) is 0 Å². The molecule has 1 heterocycles. The van der Waals surface area contributed by atoms with Gasteiger partial charge in [-0.2, -0.15) is 9.78 Å². The molecule has 1 fully saturated rings. The van der Waals surface area contributed by atoms with Gasteiger partial charge in [0.2, 0.25) is 0 Å². The summed E-state index contributed by atoms with van der Waals surface area (Å²) in [4.78, 5) is 38.9. The van der Waals surface area contributed by atoms with E-state index in [1.165, 1.54) is 4.68 Å². The van der Waals surface area contributed by atoms with Crippen LogP contribution in [0.25, 0.3) is 16.5 Å². The van der Waals surface area contributed by atoms with E-state index in [2.05, 4.69) is 15.7 Å². The van der Waals surface area contributed by atoms with Gasteiger partial charge < -0.3 is 10.6 Å². The van der Waals surface area contributed by atoms with Crippen molar-refractivity contribution in [1.29, 1.82) is 0 Å². The van der Waals surface area contributed by atoms with Gasteiger partial charge in [0.05, 0.1) is 11.1 Å². The van der Waals surface area contributed by atoms with Crippen molar-refractivity contribution >= 4 is 28.3 Å². The van der Waals surface area contributed by atoms with Gasteiger partial charge in [-0.25, -0.2) is 0 Å². The number of aromatic nitrogens is 2. The van der Waals surface area contributed by atoms with E-state index in [1.807, 2.05) is 13.0 Å². The highest BCUT2D eigenvalue weighted by molar-refractivity contribution is 6.11. The minimum atomic E-state index is -0.460. The maximum Gasteiger partial charge on any atom is 0.279 e. The number of nitrogens with one attached hydrogen (secondary N) is 2. The van der Waals surface area contributed by atoms with Crippen LogP contribution in [-0.4, -0.2) is 27.6 Å². The Hall–Kier alpha value is -4.26. The molecule has 2 N–H and O–H groups in total. The number of hydrogen-bond acceptors (Lipinski definition) is 4. The molecule has 1 aliphatic carbocycles. The van der Waals surface area contributed by atoms with Gasteiger partial charge in [0.1, 0.15) is 0 Å². The summed E-state index contributed by atoms with van der Waals surface area (Å²) < 4.78 is 1.24. The molecule has 0 bridgehead atoms. The summed E-state index contributed by atoms with van der Waals surface area (Å²) in [7, 11) is 0. The largest absolute Gasteiger partial charge is 0.349 e. The molecule has 0 unspecified atom stereocenters. The average molecular weight is 438 g/mol. The van der Waals surface area contributed by atoms with Crippen molar-refractivity contribution in [3.63, 3.8) is 0 Å². The number of para-hydroxylation sites is 1. The Balaban J connectivity index is 1.54. The average Bonchev–Trinajstić information content (AvgIpc) is 3.65. The number of amides is 2. The van der Waals surface area contributed by atoms with Crippen molar-refractivity contribution in [3.8, 4) is 5.69 Å². The van der Waals surface area contributed by atoms with Gasteiger partial charge in [0.25, 0.3) is 17.4 Å². The summed E-state index contributed by atoms with van der Waals surface area (Å²) in [5, 5.41) is 11.1. The first-order chi connectivity index (χ1) is 16.0. The summed E-state index contributed by atoms with van der Waals surface area (Å²) in [5.41, 5.74) is 2.20. The normalized spacial score (nSPS) is 13.0. The minimum absolute atomic E-state index is 0.126. The molecule has 1 aliphatic rings. The second kappa shape index (κ2) is 8.35. The van der Waals surface area contributed by atoms with E-state index in [4.69, 9.17) is 0 Å². The van der Waals surface area contributed by atoms with Crippen LogP contribution in [0.3, 0.4) is 0 Å². The lowest BCUT2D eigenvalue weighted by Crippen LogP contribution is -2.27. The van der Waals surface area contributed by atoms with E-state index in [1.54, 1.807) is 66.7 Å². The van der Waals surface area contributed by atoms with Crippen LogP contribution in [0.5, 0.6) is 0 Å². The van der Waals surface area contributed by atoms with Gasteiger partial charge in [0.15, 0.2) is 5.69 Å². The predicted molar refractivity (Wildman–Crippen MR) is 127 cm³/mol. The lowest BCUT2D eigenvalue weighted by Gasteiger charge is -2.13. The number of aryl methyl sites for hydroxylation is 1. The van der Waals surface area contributed by atoms with Crippen LogP contribution < -0.4 is 16.2 Å². The van der Waals surface area contributed by atoms with Crippen LogP contribution in [0.2, 0.25) is 0 Å². The number of benzene rings is 3. The first kappa shape index (κ1) is 20.6. The number of carbonyl (C=O) groups is 2. The number of carbonyl (C=O) groups excluding carboxylic acids is 2. The van der Waals surface area contributed by atoms with E-state index in [0.29, 0.717) is 27.7 Å². The van der Waals surface area contributed by atoms with Gasteiger partial charge in [-0.1, -0.05) is 42.5 Å². The summed E-state index contributed by atoms with van der Waals surface area (Å²) in [6.45, 7) is 1.86. The van der Waals surface area contributed by atoms with Crippen LogP contribution in [0.4, 0.5) is 5.69 Å². The summed E-state index contributed by atoms with van der Waals surface area (Å²) in [5.74, 6) is -0.618. The molecule has 7 nitrogen and oxygen atoms in total. The zero-order valence-corrected chi connectivity index (χ0v) is 18.0. The highest BCUT2D eigenvalue weighted by Gasteiger charge is 2.24. The van der Waals surface area contributed by atoms with Crippen molar-refractivity contribution in [3.05, 3.63) is 100.0 Å². The molecule has 2 amide bonds. The molecule has 164 valence electrons. The van der Waals surface area contributed by atoms with Gasteiger partial charge in [-0.15, -0.1) is 0 Å². The predicted octanol–water partition coefficient (Wildman–Crippen LogP) is 3.84. The molecule has 5 rings (SSSR count). The van der Waals surface area contributed by atoms with Crippen LogP contribution in [0.1, 0.15) is 39.3 Å². The molecule has 4 aromatic rings. The van der Waals surface area contributed by atoms with E-state index in [9.17, 15) is 14.4 Å². The highest BCUT2D eigenvalue weighted by Crippen LogP contribution is 2.23. The third-order valence-electron chi connectivity index (χ3n) is 5.68. The molecule has 33 heavy (non-hydrogen) atoms. The molecule has 0 atom stereocenters. The molecule has 7 heteroatoms. The fraction of sp³-hybridized carbons (Fsp3) is 0.154. The van der Waals surface area contributed by atoms with Crippen LogP contribution in [0.15, 0.2) is 77.6 Å². The fourth-order valence-corrected chi connectivity index (χ4v) is 3.68. The van der Waals surface area contributed by atoms with Crippen molar-refractivity contribution in [2.75, 3.05) is 5.32 Å². The number of fused-ring (bicyclic) bond motifs is 1. The second-order valence-electron chi connectivity index (χ2n) is 8.18. The molecule has 0 saturated heterocycles. The van der Waals surface area contributed by atoms with E-state index in [0.717, 1.165) is 18.4 Å². The Kier molecular flexibility index (Phi) is 5.22. The molecule has 0 radical (unpaired) electrons. The van der Waals surface area contributed by atoms with Crippen molar-refractivity contribution in [1.82, 2.24) is 15.1 Å². The standard InChI is InChI=1S/C26H22N4O3/c1-16-11-12-17(24(31)27-18-13-14-18)15-22(16)28-25(32)23-20-9-5-6-10-21(20)26(33)30(29-23)19-7-3-2-4-8-19/h2-12,15,18H,13-14H2,1H3,(H,27,31)(H,28,32). The second-order valence-corrected chi connectivity index (χ2v) is 8.18. The van der Waals surface area contributed by atoms with Gasteiger partial charge >= 0.3 is 0 Å². The SMILES string of the molecule is Cc1ccc(C(=O)NC2CC2)cc1NC(=O)c1nn(-c2ccccc2)c(=O)c2ccccc12. The lowest BCUT2D eigenvalue weighted by atomic mass is 10.1. The number of nitrogens with zero attached hydrogens (tertiary/aromatic N) is 2. The Labute approximate surface area is 190 Å². The Morgan fingerprint density at radius 2 is 1.61 bits per heavy atom. The molecule has 1 aromatic heterocycles. The molecule has 0 aliphatic heterocycles. The maximum absolute atomic E-state index is 13.4. The van der Waals surface area contributed by atoms with Crippen LogP contribution in [0, 0.1) is 6.92 Å². The Bertz CT molecular complexity index is 1440. The van der Waals surface area contributed by atoms with Crippen molar-refractivity contribution in [2.24, 2.45) is 0 Å². The zero-order chi connectivity index (χ0) is 22.9. The summed E-state index contributed by atoms with van der Waals surface area (Å²) >= 11 is 0. The monoisotopic (exact) mass is 438 g/mol. The van der Waals surface area contributed by atoms with Crippen molar-refractivity contribution in [2.45, 2.75) is 25.8 Å². The molecular formula is C26H22N4O3. The van der Waals surface area contributed by atoms with Gasteiger partial charge in [-0.3, -0.25) is 14.4 Å². The lowest BCUT2D eigenvalue weighted by molar-refractivity contribution is 0.0949. The number of rotatable bonds is 5. The van der Waals surface area contributed by atoms with E-state index < -0.39 is 5.91 Å². The third-order valence-corrected chi connectivity index (χ3v) is 5.68. The van der Waals surface area contributed by atoms with E-state index in [-0.39, 0.29) is 23.2 Å². The first-order valence-corrected chi connectivity index (χ1v) is 10.8. The minimum Gasteiger partial charge on any atom is -0.349 e. The fourth-order valence-electron chi connectivity index (χ4n) is 3.68. The highest BCUT2D eigenvalue weighted by atomic mass is 16.2. The first-order valence-electron chi connectivity index (χ1n) is 10.8. The quantitative estimate of drug-likeness (QED) is 0.495. The summed E-state index contributed by atoms with van der Waals surface area (Å²) in [6, 6.07) is 21.3. The molecule has 3 aromatic carbocycles.